The second-order valence-electron chi connectivity index (χ2n) is 5.32. The van der Waals surface area contributed by atoms with Gasteiger partial charge in [0, 0.05) is 11.4 Å². The van der Waals surface area contributed by atoms with Gasteiger partial charge in [-0.2, -0.15) is 0 Å². The lowest BCUT2D eigenvalue weighted by Gasteiger charge is -2.12. The molecule has 0 saturated heterocycles. The monoisotopic (exact) mass is 329 g/mol. The molecule has 4 heteroatoms. The Labute approximate surface area is 142 Å². The number of amides is 1. The number of ether oxygens (including phenoxy) is 1. The summed E-state index contributed by atoms with van der Waals surface area (Å²) in [4.78, 5) is 13.2. The first-order chi connectivity index (χ1) is 11.2. The standard InChI is InChI=1S/C19H23NO2S/c1-15(23-18-11-4-3-5-12-18)19(21)20-13-7-9-16-8-6-10-17(14-16)22-2/h3-6,8,10-12,14-15H,7,9,13H2,1-2H3,(H,20,21)/t15-/m0/s1. The van der Waals surface area contributed by atoms with Gasteiger partial charge in [-0.1, -0.05) is 30.3 Å². The van der Waals surface area contributed by atoms with Crippen LogP contribution in [0, 0.1) is 0 Å². The van der Waals surface area contributed by atoms with Gasteiger partial charge in [0.15, 0.2) is 0 Å². The number of nitrogens with one attached hydrogen (secondary N) is 1. The van der Waals surface area contributed by atoms with E-state index >= 15 is 0 Å². The smallest absolute Gasteiger partial charge is 0.233 e. The van der Waals surface area contributed by atoms with Crippen molar-refractivity contribution in [3.8, 4) is 5.75 Å². The van der Waals surface area contributed by atoms with Crippen molar-refractivity contribution in [2.24, 2.45) is 0 Å². The van der Waals surface area contributed by atoms with Crippen molar-refractivity contribution < 1.29 is 9.53 Å². The first-order valence-electron chi connectivity index (χ1n) is 7.81. The molecule has 1 amide bonds. The van der Waals surface area contributed by atoms with E-state index in [0.29, 0.717) is 6.54 Å². The number of rotatable bonds is 8. The summed E-state index contributed by atoms with van der Waals surface area (Å²) in [5.41, 5.74) is 1.23. The number of methoxy groups -OCH3 is 1. The number of benzene rings is 2. The molecule has 0 aliphatic rings. The van der Waals surface area contributed by atoms with Gasteiger partial charge >= 0.3 is 0 Å². The average Bonchev–Trinajstić information content (AvgIpc) is 2.59. The molecular formula is C19H23NO2S. The molecule has 0 heterocycles. The number of thioether (sulfide) groups is 1. The maximum Gasteiger partial charge on any atom is 0.233 e. The van der Waals surface area contributed by atoms with E-state index in [1.807, 2.05) is 55.5 Å². The Morgan fingerprint density at radius 2 is 1.96 bits per heavy atom. The Morgan fingerprint density at radius 3 is 2.70 bits per heavy atom. The zero-order valence-electron chi connectivity index (χ0n) is 13.6. The van der Waals surface area contributed by atoms with Crippen LogP contribution in [0.1, 0.15) is 18.9 Å². The molecule has 0 fully saturated rings. The summed E-state index contributed by atoms with van der Waals surface area (Å²) in [6.45, 7) is 2.63. The van der Waals surface area contributed by atoms with Crippen molar-refractivity contribution in [2.75, 3.05) is 13.7 Å². The van der Waals surface area contributed by atoms with Gasteiger partial charge in [0.1, 0.15) is 5.75 Å². The fourth-order valence-corrected chi connectivity index (χ4v) is 3.15. The highest BCUT2D eigenvalue weighted by atomic mass is 32.2. The molecule has 0 saturated carbocycles. The predicted octanol–water partition coefficient (Wildman–Crippen LogP) is 3.92. The van der Waals surface area contributed by atoms with Gasteiger partial charge in [0.2, 0.25) is 5.91 Å². The fourth-order valence-electron chi connectivity index (χ4n) is 2.23. The van der Waals surface area contributed by atoms with Crippen LogP contribution in [0.4, 0.5) is 0 Å². The van der Waals surface area contributed by atoms with Crippen molar-refractivity contribution >= 4 is 17.7 Å². The molecule has 3 nitrogen and oxygen atoms in total. The van der Waals surface area contributed by atoms with Crippen molar-refractivity contribution in [1.82, 2.24) is 5.32 Å². The minimum atomic E-state index is -0.0887. The van der Waals surface area contributed by atoms with Crippen LogP contribution in [0.2, 0.25) is 0 Å². The molecule has 2 aromatic rings. The van der Waals surface area contributed by atoms with Crippen molar-refractivity contribution in [2.45, 2.75) is 29.9 Å². The molecule has 2 aromatic carbocycles. The number of carbonyl (C=O) groups is 1. The van der Waals surface area contributed by atoms with Crippen LogP contribution in [0.5, 0.6) is 5.75 Å². The van der Waals surface area contributed by atoms with E-state index in [-0.39, 0.29) is 11.2 Å². The van der Waals surface area contributed by atoms with E-state index in [1.54, 1.807) is 18.9 Å². The molecule has 0 unspecified atom stereocenters. The maximum atomic E-state index is 12.1. The lowest BCUT2D eigenvalue weighted by molar-refractivity contribution is -0.120. The Hall–Kier alpha value is -1.94. The SMILES string of the molecule is COc1cccc(CCCNC(=O)[C@H](C)Sc2ccccc2)c1. The molecule has 0 bridgehead atoms. The fraction of sp³-hybridized carbons (Fsp3) is 0.316. The Morgan fingerprint density at radius 1 is 1.17 bits per heavy atom. The van der Waals surface area contributed by atoms with Crippen LogP contribution < -0.4 is 10.1 Å². The summed E-state index contributed by atoms with van der Waals surface area (Å²) >= 11 is 1.58. The van der Waals surface area contributed by atoms with Gasteiger partial charge in [-0.05, 0) is 49.6 Å². The Kier molecular flexibility index (Phi) is 7.01. The summed E-state index contributed by atoms with van der Waals surface area (Å²) in [6, 6.07) is 18.1. The van der Waals surface area contributed by atoms with Crippen LogP contribution in [0.25, 0.3) is 0 Å². The van der Waals surface area contributed by atoms with Crippen molar-refractivity contribution in [1.29, 1.82) is 0 Å². The van der Waals surface area contributed by atoms with E-state index in [0.717, 1.165) is 23.5 Å². The lowest BCUT2D eigenvalue weighted by atomic mass is 10.1. The van der Waals surface area contributed by atoms with Crippen molar-refractivity contribution in [3.05, 3.63) is 60.2 Å². The van der Waals surface area contributed by atoms with Gasteiger partial charge in [-0.3, -0.25) is 4.79 Å². The third kappa shape index (κ3) is 5.99. The molecule has 0 aliphatic heterocycles. The molecule has 0 aliphatic carbocycles. The topological polar surface area (TPSA) is 38.3 Å². The molecule has 0 aromatic heterocycles. The molecule has 1 atom stereocenters. The van der Waals surface area contributed by atoms with E-state index in [9.17, 15) is 4.79 Å². The third-order valence-corrected chi connectivity index (χ3v) is 4.61. The molecule has 2 rings (SSSR count). The van der Waals surface area contributed by atoms with Gasteiger partial charge in [-0.25, -0.2) is 0 Å². The quantitative estimate of drug-likeness (QED) is 0.589. The average molecular weight is 329 g/mol. The highest BCUT2D eigenvalue weighted by molar-refractivity contribution is 8.00. The highest BCUT2D eigenvalue weighted by Gasteiger charge is 2.13. The number of carbonyl (C=O) groups excluding carboxylic acids is 1. The van der Waals surface area contributed by atoms with Gasteiger partial charge in [-0.15, -0.1) is 11.8 Å². The van der Waals surface area contributed by atoms with E-state index < -0.39 is 0 Å². The third-order valence-electron chi connectivity index (χ3n) is 3.50. The number of aryl methyl sites for hydroxylation is 1. The van der Waals surface area contributed by atoms with Crippen LogP contribution >= 0.6 is 11.8 Å². The first-order valence-corrected chi connectivity index (χ1v) is 8.69. The van der Waals surface area contributed by atoms with E-state index in [2.05, 4.69) is 11.4 Å². The lowest BCUT2D eigenvalue weighted by Crippen LogP contribution is -2.31. The molecular weight excluding hydrogens is 306 g/mol. The Balaban J connectivity index is 1.69. The minimum Gasteiger partial charge on any atom is -0.497 e. The summed E-state index contributed by atoms with van der Waals surface area (Å²) < 4.78 is 5.21. The molecule has 122 valence electrons. The highest BCUT2D eigenvalue weighted by Crippen LogP contribution is 2.22. The van der Waals surface area contributed by atoms with Gasteiger partial charge < -0.3 is 10.1 Å². The largest absolute Gasteiger partial charge is 0.497 e. The second kappa shape index (κ2) is 9.26. The predicted molar refractivity (Wildman–Crippen MR) is 96.1 cm³/mol. The molecule has 0 spiro atoms. The van der Waals surface area contributed by atoms with Crippen LogP contribution in [-0.4, -0.2) is 24.8 Å². The summed E-state index contributed by atoms with van der Waals surface area (Å²) in [7, 11) is 1.67. The summed E-state index contributed by atoms with van der Waals surface area (Å²) in [5.74, 6) is 0.962. The summed E-state index contributed by atoms with van der Waals surface area (Å²) in [6.07, 6.45) is 1.85. The summed E-state index contributed by atoms with van der Waals surface area (Å²) in [5, 5.41) is 2.92. The zero-order chi connectivity index (χ0) is 16.5. The maximum absolute atomic E-state index is 12.1. The normalized spacial score (nSPS) is 11.7. The minimum absolute atomic E-state index is 0.0875. The van der Waals surface area contributed by atoms with Crippen LogP contribution in [0.15, 0.2) is 59.5 Å². The van der Waals surface area contributed by atoms with Gasteiger partial charge in [0.25, 0.3) is 0 Å². The molecule has 0 radical (unpaired) electrons. The number of hydrogen-bond acceptors (Lipinski definition) is 3. The van der Waals surface area contributed by atoms with Gasteiger partial charge in [0.05, 0.1) is 12.4 Å². The Bertz CT molecular complexity index is 616. The second-order valence-corrected chi connectivity index (χ2v) is 6.73. The number of hydrogen-bond donors (Lipinski definition) is 1. The van der Waals surface area contributed by atoms with Crippen LogP contribution in [-0.2, 0) is 11.2 Å². The van der Waals surface area contributed by atoms with E-state index in [4.69, 9.17) is 4.74 Å². The molecule has 23 heavy (non-hydrogen) atoms. The van der Waals surface area contributed by atoms with Crippen molar-refractivity contribution in [3.63, 3.8) is 0 Å². The van der Waals surface area contributed by atoms with E-state index in [1.165, 1.54) is 5.56 Å². The first kappa shape index (κ1) is 17.4. The zero-order valence-corrected chi connectivity index (χ0v) is 14.4. The molecule has 1 N–H and O–H groups in total. The van der Waals surface area contributed by atoms with Crippen LogP contribution in [0.3, 0.4) is 0 Å².